The molecule has 3 rings (SSSR count). The second kappa shape index (κ2) is 5.31. The van der Waals surface area contributed by atoms with E-state index in [1.807, 2.05) is 11.7 Å². The Balaban J connectivity index is 1.76. The topological polar surface area (TPSA) is 47.1 Å². The zero-order valence-corrected chi connectivity index (χ0v) is 11.5. The van der Waals surface area contributed by atoms with Gasteiger partial charge in [-0.05, 0) is 37.9 Å². The largest absolute Gasteiger partial charge is 0.330 e. The number of hydrogen-bond acceptors (Lipinski definition) is 3. The number of aryl methyl sites for hydroxylation is 1. The first-order chi connectivity index (χ1) is 9.28. The van der Waals surface area contributed by atoms with E-state index in [4.69, 9.17) is 5.73 Å². The highest BCUT2D eigenvalue weighted by atomic mass is 15.3. The highest BCUT2D eigenvalue weighted by Crippen LogP contribution is 2.24. The summed E-state index contributed by atoms with van der Waals surface area (Å²) in [5.74, 6) is 0.778. The first kappa shape index (κ1) is 12.6. The van der Waals surface area contributed by atoms with Crippen LogP contribution < -0.4 is 5.73 Å². The van der Waals surface area contributed by atoms with E-state index in [-0.39, 0.29) is 0 Å². The number of aromatic nitrogens is 2. The highest BCUT2D eigenvalue weighted by molar-refractivity contribution is 5.81. The predicted molar refractivity (Wildman–Crippen MR) is 77.8 cm³/mol. The fourth-order valence-electron chi connectivity index (χ4n) is 3.15. The summed E-state index contributed by atoms with van der Waals surface area (Å²) in [6.45, 7) is 4.12. The average molecular weight is 258 g/mol. The van der Waals surface area contributed by atoms with E-state index >= 15 is 0 Å². The van der Waals surface area contributed by atoms with E-state index in [0.717, 1.165) is 25.4 Å². The second-order valence-corrected chi connectivity index (χ2v) is 5.55. The predicted octanol–water partition coefficient (Wildman–Crippen LogP) is 1.74. The maximum Gasteiger partial charge on any atom is 0.0843 e. The van der Waals surface area contributed by atoms with Crippen LogP contribution in [-0.2, 0) is 13.6 Å². The van der Waals surface area contributed by atoms with Gasteiger partial charge in [-0.2, -0.15) is 5.10 Å². The van der Waals surface area contributed by atoms with Crippen LogP contribution >= 0.6 is 0 Å². The van der Waals surface area contributed by atoms with E-state index in [1.165, 1.54) is 36.1 Å². The normalized spacial score (nSPS) is 20.4. The molecule has 2 N–H and O–H groups in total. The minimum absolute atomic E-state index is 0.778. The quantitative estimate of drug-likeness (QED) is 0.908. The van der Waals surface area contributed by atoms with Gasteiger partial charge in [0.2, 0.25) is 0 Å². The molecule has 1 aromatic carbocycles. The number of likely N-dealkylation sites (tertiary alicyclic amines) is 1. The van der Waals surface area contributed by atoms with Crippen molar-refractivity contribution in [3.8, 4) is 0 Å². The molecule has 2 heterocycles. The van der Waals surface area contributed by atoms with Gasteiger partial charge in [-0.25, -0.2) is 0 Å². The van der Waals surface area contributed by atoms with E-state index in [0.29, 0.717) is 0 Å². The number of nitrogens with two attached hydrogens (primary N) is 1. The average Bonchev–Trinajstić information content (AvgIpc) is 2.97. The van der Waals surface area contributed by atoms with Crippen molar-refractivity contribution in [2.75, 3.05) is 19.6 Å². The van der Waals surface area contributed by atoms with Gasteiger partial charge < -0.3 is 5.73 Å². The molecule has 1 aromatic heterocycles. The lowest BCUT2D eigenvalue weighted by atomic mass is 10.1. The fourth-order valence-corrected chi connectivity index (χ4v) is 3.15. The Hall–Kier alpha value is -1.39. The van der Waals surface area contributed by atoms with E-state index in [1.54, 1.807) is 0 Å². The second-order valence-electron chi connectivity index (χ2n) is 5.55. The van der Waals surface area contributed by atoms with Gasteiger partial charge in [0, 0.05) is 25.5 Å². The first-order valence-electron chi connectivity index (χ1n) is 7.11. The Labute approximate surface area is 114 Å². The minimum atomic E-state index is 0.778. The highest BCUT2D eigenvalue weighted by Gasteiger charge is 2.23. The van der Waals surface area contributed by atoms with Crippen molar-refractivity contribution < 1.29 is 0 Å². The summed E-state index contributed by atoms with van der Waals surface area (Å²) >= 11 is 0. The van der Waals surface area contributed by atoms with Crippen molar-refractivity contribution in [1.82, 2.24) is 14.7 Å². The van der Waals surface area contributed by atoms with Crippen LogP contribution in [0.25, 0.3) is 10.9 Å². The molecule has 0 spiro atoms. The van der Waals surface area contributed by atoms with Crippen LogP contribution in [0.2, 0.25) is 0 Å². The van der Waals surface area contributed by atoms with Crippen LogP contribution in [0.15, 0.2) is 24.3 Å². The van der Waals surface area contributed by atoms with Gasteiger partial charge in [0.1, 0.15) is 0 Å². The molecule has 1 fully saturated rings. The number of para-hydroxylation sites is 1. The third-order valence-corrected chi connectivity index (χ3v) is 4.15. The number of benzene rings is 1. The van der Waals surface area contributed by atoms with Crippen molar-refractivity contribution in [2.45, 2.75) is 19.4 Å². The molecule has 102 valence electrons. The standard InChI is InChI=1S/C15H22N4/c1-18-15-5-3-2-4-13(15)14(17-18)11-19-9-7-12(10-19)6-8-16/h2-5,12H,6-11,16H2,1H3. The zero-order valence-electron chi connectivity index (χ0n) is 11.5. The summed E-state index contributed by atoms with van der Waals surface area (Å²) in [4.78, 5) is 2.51. The van der Waals surface area contributed by atoms with Crippen LogP contribution in [-0.4, -0.2) is 34.3 Å². The van der Waals surface area contributed by atoms with Crippen molar-refractivity contribution in [3.63, 3.8) is 0 Å². The molecule has 0 bridgehead atoms. The molecule has 1 saturated heterocycles. The lowest BCUT2D eigenvalue weighted by molar-refractivity contribution is 0.310. The number of rotatable bonds is 4. The third kappa shape index (κ3) is 2.51. The van der Waals surface area contributed by atoms with Crippen molar-refractivity contribution in [1.29, 1.82) is 0 Å². The van der Waals surface area contributed by atoms with Crippen molar-refractivity contribution >= 4 is 10.9 Å². The number of fused-ring (bicyclic) bond motifs is 1. The summed E-state index contributed by atoms with van der Waals surface area (Å²) in [6, 6.07) is 8.47. The maximum atomic E-state index is 5.65. The van der Waals surface area contributed by atoms with E-state index in [9.17, 15) is 0 Å². The van der Waals surface area contributed by atoms with Crippen molar-refractivity contribution in [2.24, 2.45) is 18.7 Å². The molecular weight excluding hydrogens is 236 g/mol. The van der Waals surface area contributed by atoms with Crippen LogP contribution in [0.5, 0.6) is 0 Å². The molecule has 0 radical (unpaired) electrons. The minimum Gasteiger partial charge on any atom is -0.330 e. The Bertz CT molecular complexity index is 560. The Morgan fingerprint density at radius 1 is 1.37 bits per heavy atom. The van der Waals surface area contributed by atoms with Crippen molar-refractivity contribution in [3.05, 3.63) is 30.0 Å². The van der Waals surface area contributed by atoms with Gasteiger partial charge in [0.25, 0.3) is 0 Å². The van der Waals surface area contributed by atoms with Crippen LogP contribution in [0, 0.1) is 5.92 Å². The Morgan fingerprint density at radius 2 is 2.21 bits per heavy atom. The van der Waals surface area contributed by atoms with Gasteiger partial charge in [0.15, 0.2) is 0 Å². The van der Waals surface area contributed by atoms with E-state index in [2.05, 4.69) is 34.3 Å². The van der Waals surface area contributed by atoms with Gasteiger partial charge in [-0.15, -0.1) is 0 Å². The van der Waals surface area contributed by atoms with E-state index < -0.39 is 0 Å². The monoisotopic (exact) mass is 258 g/mol. The van der Waals surface area contributed by atoms with Gasteiger partial charge in [0.05, 0.1) is 11.2 Å². The van der Waals surface area contributed by atoms with Gasteiger partial charge in [-0.3, -0.25) is 9.58 Å². The summed E-state index contributed by atoms with van der Waals surface area (Å²) in [7, 11) is 2.02. The number of hydrogen-bond donors (Lipinski definition) is 1. The molecule has 4 heteroatoms. The lowest BCUT2D eigenvalue weighted by Gasteiger charge is -2.14. The first-order valence-corrected chi connectivity index (χ1v) is 7.11. The molecule has 19 heavy (non-hydrogen) atoms. The smallest absolute Gasteiger partial charge is 0.0843 e. The molecule has 2 aromatic rings. The molecule has 4 nitrogen and oxygen atoms in total. The SMILES string of the molecule is Cn1nc(CN2CCC(CCN)C2)c2ccccc21. The molecule has 0 amide bonds. The summed E-state index contributed by atoms with van der Waals surface area (Å²) in [6.07, 6.45) is 2.43. The maximum absolute atomic E-state index is 5.65. The van der Waals surface area contributed by atoms with Gasteiger partial charge in [-0.1, -0.05) is 18.2 Å². The van der Waals surface area contributed by atoms with Gasteiger partial charge >= 0.3 is 0 Å². The summed E-state index contributed by atoms with van der Waals surface area (Å²) < 4.78 is 1.98. The molecule has 1 aliphatic heterocycles. The lowest BCUT2D eigenvalue weighted by Crippen LogP contribution is -2.21. The van der Waals surface area contributed by atoms with Crippen LogP contribution in [0.1, 0.15) is 18.5 Å². The number of nitrogens with zero attached hydrogens (tertiary/aromatic N) is 3. The third-order valence-electron chi connectivity index (χ3n) is 4.15. The molecule has 1 aliphatic rings. The Morgan fingerprint density at radius 3 is 3.05 bits per heavy atom. The van der Waals surface area contributed by atoms with Crippen LogP contribution in [0.3, 0.4) is 0 Å². The van der Waals surface area contributed by atoms with Crippen LogP contribution in [0.4, 0.5) is 0 Å². The summed E-state index contributed by atoms with van der Waals surface area (Å²) in [5, 5.41) is 5.96. The Kier molecular flexibility index (Phi) is 3.53. The molecule has 1 unspecified atom stereocenters. The fraction of sp³-hybridized carbons (Fsp3) is 0.533. The molecular formula is C15H22N4. The molecule has 1 atom stereocenters. The zero-order chi connectivity index (χ0) is 13.2. The summed E-state index contributed by atoms with van der Waals surface area (Å²) in [5.41, 5.74) is 8.07. The molecule has 0 aliphatic carbocycles. The molecule has 0 saturated carbocycles.